The number of aryl methyl sites for hydroxylation is 1. The van der Waals surface area contributed by atoms with Crippen LogP contribution in [0.3, 0.4) is 0 Å². The van der Waals surface area contributed by atoms with Gasteiger partial charge in [0.2, 0.25) is 11.8 Å². The Balaban J connectivity index is 1.40. The lowest BCUT2D eigenvalue weighted by molar-refractivity contribution is -0.124. The van der Waals surface area contributed by atoms with E-state index in [9.17, 15) is 9.59 Å². The predicted octanol–water partition coefficient (Wildman–Crippen LogP) is 3.30. The number of nitrogens with zero attached hydrogens (tertiary/aromatic N) is 3. The van der Waals surface area contributed by atoms with Gasteiger partial charge in [0.1, 0.15) is 12.4 Å². The Morgan fingerprint density at radius 3 is 2.62 bits per heavy atom. The van der Waals surface area contributed by atoms with Crippen molar-refractivity contribution >= 4 is 29.2 Å². The molecular weight excluding hydrogens is 388 g/mol. The van der Waals surface area contributed by atoms with Gasteiger partial charge in [-0.05, 0) is 24.1 Å². The van der Waals surface area contributed by atoms with Gasteiger partial charge in [0, 0.05) is 29.6 Å². The van der Waals surface area contributed by atoms with E-state index in [0.717, 1.165) is 16.8 Å². The Hall–Kier alpha value is -3.12. The zero-order valence-electron chi connectivity index (χ0n) is 15.8. The van der Waals surface area contributed by atoms with E-state index in [4.69, 9.17) is 11.6 Å². The lowest BCUT2D eigenvalue weighted by atomic mass is 10.1. The fourth-order valence-corrected chi connectivity index (χ4v) is 3.49. The van der Waals surface area contributed by atoms with Gasteiger partial charge in [0.15, 0.2) is 0 Å². The zero-order valence-corrected chi connectivity index (χ0v) is 16.6. The van der Waals surface area contributed by atoms with Crippen molar-refractivity contribution in [3.63, 3.8) is 0 Å². The number of anilines is 1. The van der Waals surface area contributed by atoms with E-state index in [1.54, 1.807) is 4.68 Å². The van der Waals surface area contributed by atoms with Gasteiger partial charge < -0.3 is 5.32 Å². The molecule has 2 amide bonds. The molecular formula is C22H21ClN4O2. The highest BCUT2D eigenvalue weighted by Crippen LogP contribution is 2.27. The van der Waals surface area contributed by atoms with Crippen LogP contribution in [0.4, 0.5) is 5.82 Å². The number of rotatable bonds is 6. The Kier molecular flexibility index (Phi) is 5.62. The molecule has 0 fully saturated rings. The van der Waals surface area contributed by atoms with E-state index in [-0.39, 0.29) is 18.4 Å². The van der Waals surface area contributed by atoms with Gasteiger partial charge >= 0.3 is 0 Å². The maximum Gasteiger partial charge on any atom is 0.240 e. The van der Waals surface area contributed by atoms with Gasteiger partial charge in [0.25, 0.3) is 0 Å². The molecule has 0 saturated carbocycles. The molecule has 3 aromatic rings. The molecule has 0 aliphatic carbocycles. The fraction of sp³-hybridized carbons (Fsp3) is 0.227. The van der Waals surface area contributed by atoms with Gasteiger partial charge in [-0.25, -0.2) is 4.68 Å². The summed E-state index contributed by atoms with van der Waals surface area (Å²) < 4.78 is 1.80. The van der Waals surface area contributed by atoms with Crippen LogP contribution in [-0.2, 0) is 22.6 Å². The number of fused-ring (bicyclic) bond motifs is 1. The number of carbonyl (C=O) groups excluding carboxylic acids is 2. The number of hydrogen-bond acceptors (Lipinski definition) is 3. The van der Waals surface area contributed by atoms with Crippen LogP contribution < -0.4 is 10.2 Å². The summed E-state index contributed by atoms with van der Waals surface area (Å²) in [6, 6.07) is 19.2. The van der Waals surface area contributed by atoms with Crippen molar-refractivity contribution < 1.29 is 9.59 Å². The molecule has 1 aromatic heterocycles. The van der Waals surface area contributed by atoms with Crippen LogP contribution in [0.2, 0.25) is 5.02 Å². The van der Waals surface area contributed by atoms with Crippen molar-refractivity contribution in [3.8, 4) is 11.3 Å². The smallest absolute Gasteiger partial charge is 0.240 e. The minimum atomic E-state index is -0.191. The second kappa shape index (κ2) is 8.49. The Bertz CT molecular complexity index is 1020. The number of aromatic nitrogens is 2. The van der Waals surface area contributed by atoms with Gasteiger partial charge in [-0.15, -0.1) is 0 Å². The lowest BCUT2D eigenvalue weighted by Crippen LogP contribution is -2.44. The highest BCUT2D eigenvalue weighted by molar-refractivity contribution is 6.30. The highest BCUT2D eigenvalue weighted by Gasteiger charge is 2.28. The minimum Gasteiger partial charge on any atom is -0.354 e. The van der Waals surface area contributed by atoms with Crippen LogP contribution in [0.25, 0.3) is 11.3 Å². The standard InChI is InChI=1S/C22H21ClN4O2/c23-18-8-6-16(7-9-18)10-12-24-20(28)15-26-21-14-19(17-4-2-1-3-5-17)25-27(21)13-11-22(26)29/h1-9,14H,10-13,15H2,(H,24,28). The van der Waals surface area contributed by atoms with Crippen molar-refractivity contribution in [3.05, 3.63) is 71.2 Å². The first-order valence-electron chi connectivity index (χ1n) is 9.55. The number of hydrogen-bond donors (Lipinski definition) is 1. The number of benzene rings is 2. The summed E-state index contributed by atoms with van der Waals surface area (Å²) in [6.45, 7) is 1.01. The SMILES string of the molecule is O=C(CN1C(=O)CCn2nc(-c3ccccc3)cc21)NCCc1ccc(Cl)cc1. The van der Waals surface area contributed by atoms with Crippen LogP contribution in [0.1, 0.15) is 12.0 Å². The van der Waals surface area contributed by atoms with Crippen molar-refractivity contribution in [2.45, 2.75) is 19.4 Å². The first-order chi connectivity index (χ1) is 14.1. The lowest BCUT2D eigenvalue weighted by Gasteiger charge is -2.26. The summed E-state index contributed by atoms with van der Waals surface area (Å²) in [6.07, 6.45) is 1.04. The zero-order chi connectivity index (χ0) is 20.2. The van der Waals surface area contributed by atoms with Crippen molar-refractivity contribution in [2.24, 2.45) is 0 Å². The Morgan fingerprint density at radius 2 is 1.86 bits per heavy atom. The summed E-state index contributed by atoms with van der Waals surface area (Å²) in [5.74, 6) is 0.404. The van der Waals surface area contributed by atoms with Crippen LogP contribution >= 0.6 is 11.6 Å². The number of nitrogens with one attached hydrogen (secondary N) is 1. The second-order valence-electron chi connectivity index (χ2n) is 6.93. The van der Waals surface area contributed by atoms with Crippen molar-refractivity contribution in [2.75, 3.05) is 18.0 Å². The molecule has 4 rings (SSSR count). The van der Waals surface area contributed by atoms with E-state index in [2.05, 4.69) is 10.4 Å². The van der Waals surface area contributed by atoms with Crippen molar-refractivity contribution in [1.29, 1.82) is 0 Å². The van der Waals surface area contributed by atoms with E-state index in [1.807, 2.05) is 60.7 Å². The number of amides is 2. The normalized spacial score (nSPS) is 13.3. The second-order valence-corrected chi connectivity index (χ2v) is 7.37. The molecule has 0 saturated heterocycles. The van der Waals surface area contributed by atoms with Crippen LogP contribution in [0.5, 0.6) is 0 Å². The van der Waals surface area contributed by atoms with E-state index < -0.39 is 0 Å². The third-order valence-electron chi connectivity index (χ3n) is 4.89. The molecule has 148 valence electrons. The van der Waals surface area contributed by atoms with Gasteiger partial charge in [-0.3, -0.25) is 14.5 Å². The average Bonchev–Trinajstić information content (AvgIpc) is 3.17. The summed E-state index contributed by atoms with van der Waals surface area (Å²) >= 11 is 5.89. The van der Waals surface area contributed by atoms with E-state index in [0.29, 0.717) is 36.8 Å². The van der Waals surface area contributed by atoms with Gasteiger partial charge in [-0.1, -0.05) is 54.1 Å². The van der Waals surface area contributed by atoms with E-state index >= 15 is 0 Å². The summed E-state index contributed by atoms with van der Waals surface area (Å²) in [7, 11) is 0. The predicted molar refractivity (Wildman–Crippen MR) is 113 cm³/mol. The monoisotopic (exact) mass is 408 g/mol. The Morgan fingerprint density at radius 1 is 1.10 bits per heavy atom. The van der Waals surface area contributed by atoms with Gasteiger partial charge in [0.05, 0.1) is 12.2 Å². The summed E-state index contributed by atoms with van der Waals surface area (Å²) in [5, 5.41) is 8.18. The molecule has 2 heterocycles. The average molecular weight is 409 g/mol. The molecule has 6 nitrogen and oxygen atoms in total. The first kappa shape index (κ1) is 19.2. The van der Waals surface area contributed by atoms with Crippen LogP contribution in [0, 0.1) is 0 Å². The molecule has 0 bridgehead atoms. The molecule has 1 aliphatic heterocycles. The molecule has 1 N–H and O–H groups in total. The molecule has 0 spiro atoms. The number of halogens is 1. The molecule has 0 atom stereocenters. The third-order valence-corrected chi connectivity index (χ3v) is 5.15. The van der Waals surface area contributed by atoms with Crippen molar-refractivity contribution in [1.82, 2.24) is 15.1 Å². The third kappa shape index (κ3) is 4.49. The minimum absolute atomic E-state index is 0.0145. The molecule has 29 heavy (non-hydrogen) atoms. The molecule has 2 aromatic carbocycles. The molecule has 0 radical (unpaired) electrons. The number of carbonyl (C=O) groups is 2. The van der Waals surface area contributed by atoms with Gasteiger partial charge in [-0.2, -0.15) is 5.10 Å². The molecule has 7 heteroatoms. The molecule has 1 aliphatic rings. The first-order valence-corrected chi connectivity index (χ1v) is 9.93. The Labute approximate surface area is 174 Å². The quantitative estimate of drug-likeness (QED) is 0.680. The topological polar surface area (TPSA) is 67.2 Å². The van der Waals surface area contributed by atoms with Crippen LogP contribution in [-0.4, -0.2) is 34.7 Å². The largest absolute Gasteiger partial charge is 0.354 e. The summed E-state index contributed by atoms with van der Waals surface area (Å²) in [4.78, 5) is 26.4. The molecule has 0 unspecified atom stereocenters. The summed E-state index contributed by atoms with van der Waals surface area (Å²) in [5.41, 5.74) is 2.87. The maximum absolute atomic E-state index is 12.5. The highest BCUT2D eigenvalue weighted by atomic mass is 35.5. The van der Waals surface area contributed by atoms with E-state index in [1.165, 1.54) is 4.90 Å². The fourth-order valence-electron chi connectivity index (χ4n) is 3.37. The van der Waals surface area contributed by atoms with Crippen LogP contribution in [0.15, 0.2) is 60.7 Å². The maximum atomic E-state index is 12.5.